The molecule has 86 valence electrons. The van der Waals surface area contributed by atoms with Crippen LogP contribution in [-0.4, -0.2) is 18.2 Å². The summed E-state index contributed by atoms with van der Waals surface area (Å²) in [7, 11) is 1.34. The summed E-state index contributed by atoms with van der Waals surface area (Å²) < 4.78 is 4.65. The van der Waals surface area contributed by atoms with Crippen molar-refractivity contribution in [1.82, 2.24) is 0 Å². The molecular weight excluding hydrogens is 226 g/mol. The maximum atomic E-state index is 11.4. The molecule has 0 radical (unpaired) electrons. The Morgan fingerprint density at radius 3 is 3.00 bits per heavy atom. The third-order valence-corrected chi connectivity index (χ3v) is 3.81. The molecule has 1 heterocycles. The number of carbonyl (C=O) groups is 1. The van der Waals surface area contributed by atoms with Gasteiger partial charge in [-0.25, -0.2) is 9.79 Å². The van der Waals surface area contributed by atoms with Gasteiger partial charge in [0.2, 0.25) is 0 Å². The van der Waals surface area contributed by atoms with Gasteiger partial charge in [0.1, 0.15) is 10.9 Å². The number of rotatable bonds is 1. The molecule has 16 heavy (non-hydrogen) atoms. The van der Waals surface area contributed by atoms with Crippen molar-refractivity contribution in [2.75, 3.05) is 7.11 Å². The Morgan fingerprint density at radius 1 is 1.69 bits per heavy atom. The second kappa shape index (κ2) is 3.74. The topological polar surface area (TPSA) is 38.7 Å². The number of ether oxygens (including phenoxy) is 1. The van der Waals surface area contributed by atoms with E-state index in [9.17, 15) is 4.79 Å². The summed E-state index contributed by atoms with van der Waals surface area (Å²) in [5.74, 6) is 0.0663. The lowest BCUT2D eigenvalue weighted by Crippen LogP contribution is -2.06. The fourth-order valence-electron chi connectivity index (χ4n) is 2.17. The van der Waals surface area contributed by atoms with Crippen LogP contribution in [0.4, 0.5) is 0 Å². The molecule has 1 aliphatic carbocycles. The third-order valence-electron chi connectivity index (χ3n) is 3.61. The molecule has 2 rings (SSSR count). The number of carbonyl (C=O) groups excluding carboxylic acids is 1. The average molecular weight is 240 g/mol. The van der Waals surface area contributed by atoms with Gasteiger partial charge in [-0.2, -0.15) is 0 Å². The van der Waals surface area contributed by atoms with Crippen LogP contribution >= 0.6 is 11.6 Å². The van der Waals surface area contributed by atoms with E-state index < -0.39 is 5.97 Å². The minimum absolute atomic E-state index is 0.134. The number of aliphatic imine (C=N–C) groups is 1. The van der Waals surface area contributed by atoms with Crippen molar-refractivity contribution >= 4 is 22.7 Å². The van der Waals surface area contributed by atoms with E-state index in [0.29, 0.717) is 16.8 Å². The smallest absolute Gasteiger partial charge is 0.356 e. The Bertz CT molecular complexity index is 436. The first-order chi connectivity index (χ1) is 7.49. The molecule has 0 aromatic carbocycles. The van der Waals surface area contributed by atoms with Crippen LogP contribution in [0.1, 0.15) is 20.3 Å². The molecule has 4 heteroatoms. The van der Waals surface area contributed by atoms with E-state index in [0.717, 1.165) is 6.42 Å². The van der Waals surface area contributed by atoms with Gasteiger partial charge in [0.25, 0.3) is 0 Å². The normalized spacial score (nSPS) is 42.2. The molecule has 0 aromatic heterocycles. The van der Waals surface area contributed by atoms with Crippen LogP contribution in [0.5, 0.6) is 0 Å². The molecule has 0 amide bonds. The summed E-state index contributed by atoms with van der Waals surface area (Å²) >= 11 is 5.96. The largest absolute Gasteiger partial charge is 0.464 e. The summed E-state index contributed by atoms with van der Waals surface area (Å²) in [4.78, 5) is 15.4. The Morgan fingerprint density at radius 2 is 2.38 bits per heavy atom. The van der Waals surface area contributed by atoms with Gasteiger partial charge in [0.05, 0.1) is 7.11 Å². The lowest BCUT2D eigenvalue weighted by Gasteiger charge is -2.08. The molecule has 1 saturated carbocycles. The highest BCUT2D eigenvalue weighted by Gasteiger charge is 2.52. The second-order valence-corrected chi connectivity index (χ2v) is 4.85. The van der Waals surface area contributed by atoms with Gasteiger partial charge in [-0.1, -0.05) is 37.1 Å². The van der Waals surface area contributed by atoms with E-state index in [1.165, 1.54) is 12.7 Å². The van der Waals surface area contributed by atoms with Crippen molar-refractivity contribution in [3.8, 4) is 0 Å². The highest BCUT2D eigenvalue weighted by Crippen LogP contribution is 2.60. The van der Waals surface area contributed by atoms with Gasteiger partial charge in [0.15, 0.2) is 0 Å². The predicted molar refractivity (Wildman–Crippen MR) is 63.4 cm³/mol. The van der Waals surface area contributed by atoms with Crippen molar-refractivity contribution in [2.24, 2.45) is 16.3 Å². The quantitative estimate of drug-likeness (QED) is 0.660. The first-order valence-electron chi connectivity index (χ1n) is 5.24. The number of halogens is 1. The highest BCUT2D eigenvalue weighted by atomic mass is 35.5. The van der Waals surface area contributed by atoms with Crippen LogP contribution in [0.3, 0.4) is 0 Å². The van der Waals surface area contributed by atoms with E-state index in [-0.39, 0.29) is 5.41 Å². The zero-order chi connectivity index (χ0) is 11.9. The monoisotopic (exact) mass is 239 g/mol. The molecule has 2 aliphatic rings. The number of hydrogen-bond donors (Lipinski definition) is 0. The Kier molecular flexibility index (Phi) is 2.66. The average Bonchev–Trinajstić information content (AvgIpc) is 2.73. The van der Waals surface area contributed by atoms with Crippen molar-refractivity contribution in [3.63, 3.8) is 0 Å². The Hall–Kier alpha value is -1.09. The molecule has 2 atom stereocenters. The van der Waals surface area contributed by atoms with Gasteiger partial charge in [0, 0.05) is 0 Å². The zero-order valence-electron chi connectivity index (χ0n) is 9.58. The Balaban J connectivity index is 2.35. The number of methoxy groups -OCH3 is 1. The van der Waals surface area contributed by atoms with E-state index in [1.807, 2.05) is 12.2 Å². The maximum Gasteiger partial charge on any atom is 0.356 e. The minimum Gasteiger partial charge on any atom is -0.464 e. The van der Waals surface area contributed by atoms with Gasteiger partial charge in [-0.3, -0.25) is 0 Å². The molecule has 0 aromatic rings. The molecule has 3 nitrogen and oxygen atoms in total. The third kappa shape index (κ3) is 1.69. The van der Waals surface area contributed by atoms with Crippen LogP contribution in [-0.2, 0) is 9.53 Å². The van der Waals surface area contributed by atoms with Crippen LogP contribution in [0.25, 0.3) is 0 Å². The second-order valence-electron chi connectivity index (χ2n) is 4.46. The standard InChI is InChI=1S/C12H14ClNO2/c1-7-8-6-10(13)14-9(11(15)16-3)4-5-12(7,8)2/h4,6-7H,5H2,1-3H3/b8-6-,9-4+,14-10+. The van der Waals surface area contributed by atoms with Gasteiger partial charge >= 0.3 is 5.97 Å². The number of allylic oxidation sites excluding steroid dienone is 3. The number of esters is 1. The van der Waals surface area contributed by atoms with Crippen LogP contribution < -0.4 is 0 Å². The first kappa shape index (κ1) is 11.4. The van der Waals surface area contributed by atoms with Crippen LogP contribution in [0.2, 0.25) is 0 Å². The molecule has 1 aliphatic heterocycles. The fraction of sp³-hybridized carbons (Fsp3) is 0.500. The molecule has 0 bridgehead atoms. The maximum absolute atomic E-state index is 11.4. The Labute approximate surface area is 99.8 Å². The highest BCUT2D eigenvalue weighted by molar-refractivity contribution is 6.68. The lowest BCUT2D eigenvalue weighted by molar-refractivity contribution is -0.136. The number of nitrogens with zero attached hydrogens (tertiary/aromatic N) is 1. The number of hydrogen-bond acceptors (Lipinski definition) is 3. The molecule has 0 N–H and O–H groups in total. The summed E-state index contributed by atoms with van der Waals surface area (Å²) in [6.45, 7) is 4.33. The minimum atomic E-state index is -0.438. The predicted octanol–water partition coefficient (Wildman–Crippen LogP) is 2.67. The van der Waals surface area contributed by atoms with Gasteiger partial charge in [-0.15, -0.1) is 0 Å². The summed E-state index contributed by atoms with van der Waals surface area (Å²) in [5, 5.41) is 0.349. The van der Waals surface area contributed by atoms with Crippen molar-refractivity contribution in [2.45, 2.75) is 20.3 Å². The molecule has 0 saturated heterocycles. The van der Waals surface area contributed by atoms with Crippen molar-refractivity contribution in [3.05, 3.63) is 23.4 Å². The van der Waals surface area contributed by atoms with E-state index in [1.54, 1.807) is 0 Å². The van der Waals surface area contributed by atoms with Crippen LogP contribution in [0.15, 0.2) is 28.4 Å². The molecular formula is C12H14ClNO2. The van der Waals surface area contributed by atoms with Crippen molar-refractivity contribution in [1.29, 1.82) is 0 Å². The van der Waals surface area contributed by atoms with Crippen molar-refractivity contribution < 1.29 is 9.53 Å². The van der Waals surface area contributed by atoms with Gasteiger partial charge in [-0.05, 0) is 23.8 Å². The van der Waals surface area contributed by atoms with Crippen LogP contribution in [0, 0.1) is 11.3 Å². The summed E-state index contributed by atoms with van der Waals surface area (Å²) in [6.07, 6.45) is 4.48. The SMILES string of the molecule is COC(=O)C1=C\CC2(C)\C(=C/C(Cl)=N\1)C2C. The van der Waals surface area contributed by atoms with E-state index >= 15 is 0 Å². The number of fused-ring (bicyclic) bond motifs is 1. The summed E-state index contributed by atoms with van der Waals surface area (Å²) in [6, 6.07) is 0. The van der Waals surface area contributed by atoms with Gasteiger partial charge < -0.3 is 4.74 Å². The molecule has 1 fully saturated rings. The summed E-state index contributed by atoms with van der Waals surface area (Å²) in [5.41, 5.74) is 1.74. The molecule has 2 unspecified atom stereocenters. The zero-order valence-corrected chi connectivity index (χ0v) is 10.3. The van der Waals surface area contributed by atoms with E-state index in [2.05, 4.69) is 23.6 Å². The first-order valence-corrected chi connectivity index (χ1v) is 5.61. The van der Waals surface area contributed by atoms with E-state index in [4.69, 9.17) is 11.6 Å². The molecule has 0 spiro atoms. The lowest BCUT2D eigenvalue weighted by atomic mass is 10.0. The fourth-order valence-corrected chi connectivity index (χ4v) is 2.38.